The second kappa shape index (κ2) is 54.0. The maximum atomic E-state index is 12.8. The third-order valence-corrected chi connectivity index (χ3v) is 12.3. The number of hydrogen-bond donors (Lipinski definition) is 0. The highest BCUT2D eigenvalue weighted by Crippen LogP contribution is 2.15. The minimum atomic E-state index is -0.778. The molecule has 0 heterocycles. The standard InChI is InChI=1S/C59H106O6/c1-4-7-10-13-16-19-22-25-27-29-31-32-34-37-40-43-46-49-52-58(61)64-55-56(54-63-57(60)51-48-45-42-39-36-24-21-18-15-12-9-6-3)65-59(62)53-50-47-44-41-38-35-33-30-28-26-23-20-17-14-11-8-5-2/h17,19-20,22,26-29,56H,4-16,18,21,23-25,30-55H2,1-3H3/b20-17-,22-19-,28-26-,29-27-. The Morgan fingerprint density at radius 1 is 0.308 bits per heavy atom. The van der Waals surface area contributed by atoms with E-state index in [-0.39, 0.29) is 31.1 Å². The zero-order valence-electron chi connectivity index (χ0n) is 43.3. The predicted octanol–water partition coefficient (Wildman–Crippen LogP) is 18.7. The van der Waals surface area contributed by atoms with E-state index in [1.165, 1.54) is 167 Å². The molecule has 0 aliphatic rings. The molecule has 0 bridgehead atoms. The van der Waals surface area contributed by atoms with Crippen LogP contribution in [0.3, 0.4) is 0 Å². The Labute approximate surface area is 403 Å². The van der Waals surface area contributed by atoms with Crippen molar-refractivity contribution in [2.24, 2.45) is 0 Å². The molecule has 0 fully saturated rings. The zero-order chi connectivity index (χ0) is 47.2. The second-order valence-electron chi connectivity index (χ2n) is 18.8. The van der Waals surface area contributed by atoms with Crippen molar-refractivity contribution in [2.45, 2.75) is 297 Å². The number of hydrogen-bond acceptors (Lipinski definition) is 6. The molecule has 0 aromatic rings. The van der Waals surface area contributed by atoms with Crippen LogP contribution in [0.5, 0.6) is 0 Å². The highest BCUT2D eigenvalue weighted by atomic mass is 16.6. The quantitative estimate of drug-likeness (QED) is 0.0262. The summed E-state index contributed by atoms with van der Waals surface area (Å²) in [6.45, 7) is 6.61. The molecule has 1 unspecified atom stereocenters. The number of esters is 3. The average Bonchev–Trinajstić information content (AvgIpc) is 3.30. The monoisotopic (exact) mass is 911 g/mol. The van der Waals surface area contributed by atoms with Gasteiger partial charge in [-0.1, -0.05) is 236 Å². The van der Waals surface area contributed by atoms with Crippen molar-refractivity contribution in [2.75, 3.05) is 13.2 Å². The molecule has 0 aliphatic carbocycles. The van der Waals surface area contributed by atoms with E-state index in [0.29, 0.717) is 19.3 Å². The van der Waals surface area contributed by atoms with Crippen LogP contribution >= 0.6 is 0 Å². The summed E-state index contributed by atoms with van der Waals surface area (Å²) in [4.78, 5) is 38.1. The maximum Gasteiger partial charge on any atom is 0.306 e. The van der Waals surface area contributed by atoms with Crippen LogP contribution in [0.2, 0.25) is 0 Å². The molecule has 0 aromatic heterocycles. The van der Waals surface area contributed by atoms with Crippen LogP contribution < -0.4 is 0 Å². The van der Waals surface area contributed by atoms with Gasteiger partial charge < -0.3 is 14.2 Å². The molecular weight excluding hydrogens is 805 g/mol. The molecule has 0 aromatic carbocycles. The Hall–Kier alpha value is -2.63. The molecule has 0 radical (unpaired) electrons. The zero-order valence-corrected chi connectivity index (χ0v) is 43.3. The number of allylic oxidation sites excluding steroid dienone is 8. The van der Waals surface area contributed by atoms with Crippen LogP contribution in [0, 0.1) is 0 Å². The number of rotatable bonds is 51. The van der Waals surface area contributed by atoms with Gasteiger partial charge in [-0.05, 0) is 83.5 Å². The van der Waals surface area contributed by atoms with Crippen molar-refractivity contribution in [3.05, 3.63) is 48.6 Å². The number of ether oxygens (including phenoxy) is 3. The van der Waals surface area contributed by atoms with Gasteiger partial charge in [-0.15, -0.1) is 0 Å². The molecule has 1 atom stereocenters. The Kier molecular flexibility index (Phi) is 51.8. The second-order valence-corrected chi connectivity index (χ2v) is 18.8. The van der Waals surface area contributed by atoms with Crippen LogP contribution in [0.15, 0.2) is 48.6 Å². The fourth-order valence-corrected chi connectivity index (χ4v) is 8.03. The van der Waals surface area contributed by atoms with Gasteiger partial charge in [-0.25, -0.2) is 0 Å². The molecule has 0 saturated carbocycles. The van der Waals surface area contributed by atoms with Gasteiger partial charge in [0.05, 0.1) is 0 Å². The fourth-order valence-electron chi connectivity index (χ4n) is 8.03. The summed E-state index contributed by atoms with van der Waals surface area (Å²) < 4.78 is 16.8. The van der Waals surface area contributed by atoms with Gasteiger partial charge in [0.1, 0.15) is 13.2 Å². The lowest BCUT2D eigenvalue weighted by molar-refractivity contribution is -0.167. The van der Waals surface area contributed by atoms with E-state index in [2.05, 4.69) is 69.4 Å². The van der Waals surface area contributed by atoms with Crippen LogP contribution in [-0.2, 0) is 28.6 Å². The summed E-state index contributed by atoms with van der Waals surface area (Å²) in [5.74, 6) is -0.880. The third-order valence-electron chi connectivity index (χ3n) is 12.3. The van der Waals surface area contributed by atoms with E-state index < -0.39 is 6.10 Å². The fraction of sp³-hybridized carbons (Fsp3) is 0.814. The summed E-state index contributed by atoms with van der Waals surface area (Å²) in [7, 11) is 0. The van der Waals surface area contributed by atoms with Gasteiger partial charge in [0.25, 0.3) is 0 Å². The van der Waals surface area contributed by atoms with Crippen LogP contribution in [0.25, 0.3) is 0 Å². The largest absolute Gasteiger partial charge is 0.462 e. The molecule has 0 aliphatic heterocycles. The van der Waals surface area contributed by atoms with Crippen molar-refractivity contribution in [3.63, 3.8) is 0 Å². The van der Waals surface area contributed by atoms with E-state index >= 15 is 0 Å². The molecule has 0 saturated heterocycles. The van der Waals surface area contributed by atoms with E-state index in [9.17, 15) is 14.4 Å². The first kappa shape index (κ1) is 62.4. The molecule has 378 valence electrons. The van der Waals surface area contributed by atoms with E-state index in [1.54, 1.807) is 0 Å². The maximum absolute atomic E-state index is 12.8. The molecule has 6 nitrogen and oxygen atoms in total. The van der Waals surface area contributed by atoms with Crippen molar-refractivity contribution in [1.82, 2.24) is 0 Å². The van der Waals surface area contributed by atoms with E-state index in [4.69, 9.17) is 14.2 Å². The lowest BCUT2D eigenvalue weighted by Crippen LogP contribution is -2.30. The van der Waals surface area contributed by atoms with E-state index in [0.717, 1.165) is 83.5 Å². The van der Waals surface area contributed by atoms with Gasteiger partial charge in [0, 0.05) is 19.3 Å². The smallest absolute Gasteiger partial charge is 0.306 e. The molecule has 65 heavy (non-hydrogen) atoms. The van der Waals surface area contributed by atoms with Gasteiger partial charge >= 0.3 is 17.9 Å². The van der Waals surface area contributed by atoms with Crippen LogP contribution in [0.1, 0.15) is 290 Å². The Balaban J connectivity index is 4.36. The van der Waals surface area contributed by atoms with Gasteiger partial charge in [0.15, 0.2) is 6.10 Å². The normalized spacial score (nSPS) is 12.4. The first-order valence-corrected chi connectivity index (χ1v) is 28.1. The van der Waals surface area contributed by atoms with Gasteiger partial charge in [0.2, 0.25) is 0 Å². The molecule has 0 rings (SSSR count). The van der Waals surface area contributed by atoms with Gasteiger partial charge in [-0.2, -0.15) is 0 Å². The summed E-state index contributed by atoms with van der Waals surface area (Å²) in [6.07, 6.45) is 65.2. The Bertz CT molecular complexity index is 1140. The minimum Gasteiger partial charge on any atom is -0.462 e. The summed E-state index contributed by atoms with van der Waals surface area (Å²) in [5, 5.41) is 0. The topological polar surface area (TPSA) is 78.9 Å². The first-order chi connectivity index (χ1) is 32.0. The lowest BCUT2D eigenvalue weighted by atomic mass is 10.0. The van der Waals surface area contributed by atoms with Gasteiger partial charge in [-0.3, -0.25) is 14.4 Å². The average molecular weight is 911 g/mol. The first-order valence-electron chi connectivity index (χ1n) is 28.1. The summed E-state index contributed by atoms with van der Waals surface area (Å²) >= 11 is 0. The SMILES string of the molecule is CCCCC/C=C\C/C=C\CCCCCCCCCC(=O)OC(COC(=O)CCCCCCCCC/C=C\C/C=C\CCCCCC)COC(=O)CCCCCCCCCCCCCC. The summed E-state index contributed by atoms with van der Waals surface area (Å²) in [6, 6.07) is 0. The van der Waals surface area contributed by atoms with Crippen molar-refractivity contribution < 1.29 is 28.6 Å². The Morgan fingerprint density at radius 3 is 0.892 bits per heavy atom. The molecular formula is C59H106O6. The molecule has 0 spiro atoms. The molecule has 0 amide bonds. The minimum absolute atomic E-state index is 0.0763. The third kappa shape index (κ3) is 52.2. The lowest BCUT2D eigenvalue weighted by Gasteiger charge is -2.18. The molecule has 0 N–H and O–H groups in total. The van der Waals surface area contributed by atoms with Crippen molar-refractivity contribution in [1.29, 1.82) is 0 Å². The predicted molar refractivity (Wildman–Crippen MR) is 279 cm³/mol. The number of unbranched alkanes of at least 4 members (excludes halogenated alkanes) is 32. The summed E-state index contributed by atoms with van der Waals surface area (Å²) in [5.41, 5.74) is 0. The van der Waals surface area contributed by atoms with E-state index in [1.807, 2.05) is 0 Å². The van der Waals surface area contributed by atoms with Crippen LogP contribution in [0.4, 0.5) is 0 Å². The van der Waals surface area contributed by atoms with Crippen LogP contribution in [-0.4, -0.2) is 37.2 Å². The van der Waals surface area contributed by atoms with Crippen molar-refractivity contribution >= 4 is 17.9 Å². The molecule has 6 heteroatoms. The van der Waals surface area contributed by atoms with Crippen molar-refractivity contribution in [3.8, 4) is 0 Å². The number of carbonyl (C=O) groups excluding carboxylic acids is 3. The highest BCUT2D eigenvalue weighted by molar-refractivity contribution is 5.71. The number of carbonyl (C=O) groups is 3. The Morgan fingerprint density at radius 2 is 0.554 bits per heavy atom. The highest BCUT2D eigenvalue weighted by Gasteiger charge is 2.19.